The van der Waals surface area contributed by atoms with Crippen molar-refractivity contribution < 1.29 is 0 Å². The zero-order valence-electron chi connectivity index (χ0n) is 9.57. The van der Waals surface area contributed by atoms with E-state index in [0.717, 1.165) is 5.52 Å². The second-order valence-corrected chi connectivity index (χ2v) is 5.20. The molecular weight excluding hydrogens is 305 g/mol. The Bertz CT molecular complexity index is 760. The lowest BCUT2D eigenvalue weighted by Gasteiger charge is -2.10. The first-order valence-corrected chi connectivity index (χ1v) is 6.60. The molecule has 2 aromatic carbocycles. The Morgan fingerprint density at radius 3 is 2.16 bits per heavy atom. The smallest absolute Gasteiger partial charge is 0.206 e. The molecule has 0 fully saturated rings. The van der Waals surface area contributed by atoms with Crippen molar-refractivity contribution >= 4 is 51.8 Å². The maximum Gasteiger partial charge on any atom is 0.206 e. The molecule has 1 aromatic heterocycles. The number of rotatable bonds is 1. The van der Waals surface area contributed by atoms with E-state index in [2.05, 4.69) is 4.98 Å². The molecule has 3 nitrogen and oxygen atoms in total. The number of benzene rings is 2. The summed E-state index contributed by atoms with van der Waals surface area (Å²) in [6.07, 6.45) is 0. The number of aromatic nitrogens is 2. The average molecular weight is 313 g/mol. The van der Waals surface area contributed by atoms with Crippen LogP contribution in [0.2, 0.25) is 15.1 Å². The van der Waals surface area contributed by atoms with Crippen molar-refractivity contribution in [2.75, 3.05) is 5.73 Å². The van der Waals surface area contributed by atoms with Gasteiger partial charge in [0.1, 0.15) is 5.52 Å². The van der Waals surface area contributed by atoms with Gasteiger partial charge in [-0.1, -0.05) is 46.9 Å². The number of hydrogen-bond acceptors (Lipinski definition) is 2. The van der Waals surface area contributed by atoms with Crippen molar-refractivity contribution in [3.05, 3.63) is 51.5 Å². The van der Waals surface area contributed by atoms with E-state index in [9.17, 15) is 0 Å². The second kappa shape index (κ2) is 4.60. The maximum atomic E-state index is 6.21. The van der Waals surface area contributed by atoms with Gasteiger partial charge >= 0.3 is 0 Å². The van der Waals surface area contributed by atoms with Gasteiger partial charge in [-0.2, -0.15) is 0 Å². The molecule has 0 amide bonds. The average Bonchev–Trinajstić information content (AvgIpc) is 2.68. The van der Waals surface area contributed by atoms with E-state index in [-0.39, 0.29) is 5.95 Å². The van der Waals surface area contributed by atoms with Crippen molar-refractivity contribution in [1.82, 2.24) is 9.55 Å². The number of fused-ring (bicyclic) bond motifs is 1. The summed E-state index contributed by atoms with van der Waals surface area (Å²) in [5.41, 5.74) is 7.96. The van der Waals surface area contributed by atoms with E-state index < -0.39 is 0 Å². The Balaban J connectivity index is 2.44. The predicted octanol–water partition coefficient (Wildman–Crippen LogP) is 4.57. The molecule has 0 radical (unpaired) electrons. The summed E-state index contributed by atoms with van der Waals surface area (Å²) < 4.78 is 1.70. The van der Waals surface area contributed by atoms with Gasteiger partial charge in [-0.05, 0) is 24.3 Å². The number of hydrogen-bond donors (Lipinski definition) is 1. The van der Waals surface area contributed by atoms with Crippen LogP contribution in [-0.4, -0.2) is 9.55 Å². The number of imidazole rings is 1. The number of halogens is 3. The van der Waals surface area contributed by atoms with Gasteiger partial charge < -0.3 is 5.73 Å². The molecule has 19 heavy (non-hydrogen) atoms. The summed E-state index contributed by atoms with van der Waals surface area (Å²) in [5, 5.41) is 1.53. The first-order valence-electron chi connectivity index (χ1n) is 5.46. The molecule has 0 atom stereocenters. The number of anilines is 1. The first-order chi connectivity index (χ1) is 9.09. The van der Waals surface area contributed by atoms with E-state index in [1.165, 1.54) is 0 Å². The molecule has 0 aliphatic heterocycles. The van der Waals surface area contributed by atoms with E-state index in [1.54, 1.807) is 28.8 Å². The molecule has 0 unspecified atom stereocenters. The Labute approximate surface area is 124 Å². The van der Waals surface area contributed by atoms with Gasteiger partial charge in [0.05, 0.1) is 26.3 Å². The second-order valence-electron chi connectivity index (χ2n) is 3.98. The highest BCUT2D eigenvalue weighted by molar-refractivity contribution is 6.38. The molecule has 3 aromatic rings. The zero-order chi connectivity index (χ0) is 13.6. The van der Waals surface area contributed by atoms with Crippen molar-refractivity contribution in [2.24, 2.45) is 0 Å². The topological polar surface area (TPSA) is 43.8 Å². The van der Waals surface area contributed by atoms with E-state index in [0.29, 0.717) is 26.3 Å². The molecular formula is C13H8Cl3N3. The summed E-state index contributed by atoms with van der Waals surface area (Å²) in [5.74, 6) is 0.290. The standard InChI is InChI=1S/C13H8Cl3N3/c14-7-3-2-6-10-11(7)18-13(17)19(10)12-8(15)4-1-5-9(12)16/h1-6H,(H2,17,18). The van der Waals surface area contributed by atoms with E-state index >= 15 is 0 Å². The highest BCUT2D eigenvalue weighted by Crippen LogP contribution is 2.34. The molecule has 0 aliphatic carbocycles. The van der Waals surface area contributed by atoms with Crippen molar-refractivity contribution in [2.45, 2.75) is 0 Å². The monoisotopic (exact) mass is 311 g/mol. The molecule has 0 saturated carbocycles. The van der Waals surface area contributed by atoms with Crippen LogP contribution in [0, 0.1) is 0 Å². The van der Waals surface area contributed by atoms with Crippen molar-refractivity contribution in [1.29, 1.82) is 0 Å². The molecule has 0 spiro atoms. The lowest BCUT2D eigenvalue weighted by molar-refractivity contribution is 1.11. The van der Waals surface area contributed by atoms with Crippen LogP contribution < -0.4 is 5.73 Å². The number of nitrogens with zero attached hydrogens (tertiary/aromatic N) is 2. The highest BCUT2D eigenvalue weighted by Gasteiger charge is 2.16. The molecule has 0 bridgehead atoms. The normalized spacial score (nSPS) is 11.1. The quantitative estimate of drug-likeness (QED) is 0.715. The largest absolute Gasteiger partial charge is 0.369 e. The van der Waals surface area contributed by atoms with Crippen LogP contribution in [0.15, 0.2) is 36.4 Å². The first kappa shape index (κ1) is 12.6. The fourth-order valence-corrected chi connectivity index (χ4v) is 2.80. The van der Waals surface area contributed by atoms with Crippen LogP contribution in [0.4, 0.5) is 5.95 Å². The number of para-hydroxylation sites is 2. The van der Waals surface area contributed by atoms with Crippen molar-refractivity contribution in [3.63, 3.8) is 0 Å². The van der Waals surface area contributed by atoms with Gasteiger partial charge in [-0.3, -0.25) is 4.57 Å². The Morgan fingerprint density at radius 1 is 0.895 bits per heavy atom. The number of nitrogens with two attached hydrogens (primary N) is 1. The van der Waals surface area contributed by atoms with Crippen molar-refractivity contribution in [3.8, 4) is 5.69 Å². The summed E-state index contributed by atoms with van der Waals surface area (Å²) in [6, 6.07) is 10.7. The third kappa shape index (κ3) is 1.94. The number of nitrogen functional groups attached to an aromatic ring is 1. The third-order valence-electron chi connectivity index (χ3n) is 2.82. The molecule has 3 rings (SSSR count). The van der Waals surface area contributed by atoms with Gasteiger partial charge in [0.25, 0.3) is 0 Å². The SMILES string of the molecule is Nc1nc2c(Cl)cccc2n1-c1c(Cl)cccc1Cl. The summed E-state index contributed by atoms with van der Waals surface area (Å²) in [6.45, 7) is 0. The van der Waals surface area contributed by atoms with Gasteiger partial charge in [0.2, 0.25) is 5.95 Å². The minimum Gasteiger partial charge on any atom is -0.369 e. The lowest BCUT2D eigenvalue weighted by Crippen LogP contribution is -2.02. The summed E-state index contributed by atoms with van der Waals surface area (Å²) in [7, 11) is 0. The molecule has 6 heteroatoms. The third-order valence-corrected chi connectivity index (χ3v) is 3.74. The fourth-order valence-electron chi connectivity index (χ4n) is 2.02. The van der Waals surface area contributed by atoms with Crippen LogP contribution >= 0.6 is 34.8 Å². The fraction of sp³-hybridized carbons (Fsp3) is 0. The van der Waals surface area contributed by atoms with Gasteiger partial charge in [-0.15, -0.1) is 0 Å². The Morgan fingerprint density at radius 2 is 1.47 bits per heavy atom. The zero-order valence-corrected chi connectivity index (χ0v) is 11.8. The van der Waals surface area contributed by atoms with Gasteiger partial charge in [-0.25, -0.2) is 4.98 Å². The Kier molecular flexibility index (Phi) is 3.05. The Hall–Kier alpha value is -1.42. The molecule has 96 valence electrons. The highest BCUT2D eigenvalue weighted by atomic mass is 35.5. The minimum atomic E-state index is 0.290. The molecule has 0 aliphatic rings. The van der Waals surface area contributed by atoms with E-state index in [1.807, 2.05) is 12.1 Å². The van der Waals surface area contributed by atoms with E-state index in [4.69, 9.17) is 40.5 Å². The lowest BCUT2D eigenvalue weighted by atomic mass is 10.2. The van der Waals surface area contributed by atoms with Crippen LogP contribution in [0.3, 0.4) is 0 Å². The van der Waals surface area contributed by atoms with Crippen LogP contribution in [0.25, 0.3) is 16.7 Å². The minimum absolute atomic E-state index is 0.290. The molecule has 1 heterocycles. The van der Waals surface area contributed by atoms with Gasteiger partial charge in [0, 0.05) is 0 Å². The summed E-state index contributed by atoms with van der Waals surface area (Å²) >= 11 is 18.5. The van der Waals surface area contributed by atoms with Crippen LogP contribution in [-0.2, 0) is 0 Å². The van der Waals surface area contributed by atoms with Crippen LogP contribution in [0.5, 0.6) is 0 Å². The summed E-state index contributed by atoms with van der Waals surface area (Å²) in [4.78, 5) is 4.26. The molecule has 0 saturated heterocycles. The molecule has 2 N–H and O–H groups in total. The maximum absolute atomic E-state index is 6.21. The predicted molar refractivity (Wildman–Crippen MR) is 80.5 cm³/mol. The van der Waals surface area contributed by atoms with Crippen LogP contribution in [0.1, 0.15) is 0 Å². The van der Waals surface area contributed by atoms with Gasteiger partial charge in [0.15, 0.2) is 0 Å².